The molecule has 0 spiro atoms. The minimum atomic E-state index is -0.882. The number of phenolic OH excluding ortho intramolecular Hbond substituents is 1. The third kappa shape index (κ3) is 4.87. The van der Waals surface area contributed by atoms with Crippen molar-refractivity contribution in [2.24, 2.45) is 0 Å². The normalized spacial score (nSPS) is 11.8. The van der Waals surface area contributed by atoms with Gasteiger partial charge in [-0.05, 0) is 42.8 Å². The number of nitrogens with one attached hydrogen (secondary N) is 1. The van der Waals surface area contributed by atoms with Gasteiger partial charge in [0.05, 0.1) is 12.6 Å². The molecule has 0 fully saturated rings. The summed E-state index contributed by atoms with van der Waals surface area (Å²) in [5.41, 5.74) is 1.15. The second-order valence-electron chi connectivity index (χ2n) is 5.09. The number of rotatable bonds is 5. The van der Waals surface area contributed by atoms with Crippen molar-refractivity contribution in [3.63, 3.8) is 0 Å². The Bertz CT molecular complexity index is 678. The molecule has 6 heteroatoms. The van der Waals surface area contributed by atoms with Gasteiger partial charge < -0.3 is 20.4 Å². The zero-order chi connectivity index (χ0) is 16.8. The van der Waals surface area contributed by atoms with Crippen molar-refractivity contribution >= 4 is 23.3 Å². The van der Waals surface area contributed by atoms with Crippen LogP contribution in [0.4, 0.5) is 10.5 Å². The van der Waals surface area contributed by atoms with E-state index in [2.05, 4.69) is 5.32 Å². The van der Waals surface area contributed by atoms with Crippen LogP contribution < -0.4 is 5.32 Å². The van der Waals surface area contributed by atoms with E-state index < -0.39 is 6.10 Å². The highest BCUT2D eigenvalue weighted by molar-refractivity contribution is 6.30. The number of benzene rings is 2. The first kappa shape index (κ1) is 17.1. The Morgan fingerprint density at radius 1 is 1.26 bits per heavy atom. The standard InChI is InChI=1S/C17H19ClN2O3/c1-2-20(11-16(22)12-5-3-8-15(21)9-12)17(23)19-14-7-4-6-13(18)10-14/h3-10,16,21-22H,2,11H2,1H3,(H,19,23). The molecule has 1 unspecified atom stereocenters. The van der Waals surface area contributed by atoms with Gasteiger partial charge in [-0.15, -0.1) is 0 Å². The average molecular weight is 335 g/mol. The Balaban J connectivity index is 2.02. The van der Waals surface area contributed by atoms with Crippen LogP contribution in [0.25, 0.3) is 0 Å². The number of phenols is 1. The van der Waals surface area contributed by atoms with E-state index in [4.69, 9.17) is 11.6 Å². The number of aliphatic hydroxyl groups excluding tert-OH is 1. The first-order valence-electron chi connectivity index (χ1n) is 7.28. The van der Waals surface area contributed by atoms with E-state index in [0.29, 0.717) is 22.8 Å². The van der Waals surface area contributed by atoms with Crippen LogP contribution in [0, 0.1) is 0 Å². The number of nitrogens with zero attached hydrogens (tertiary/aromatic N) is 1. The van der Waals surface area contributed by atoms with Crippen LogP contribution in [0.2, 0.25) is 5.02 Å². The van der Waals surface area contributed by atoms with E-state index in [-0.39, 0.29) is 18.3 Å². The number of aromatic hydroxyl groups is 1. The Labute approximate surface area is 140 Å². The number of aliphatic hydroxyl groups is 1. The summed E-state index contributed by atoms with van der Waals surface area (Å²) in [6.07, 6.45) is -0.882. The molecule has 1 atom stereocenters. The molecule has 2 amide bonds. The first-order valence-corrected chi connectivity index (χ1v) is 7.66. The summed E-state index contributed by atoms with van der Waals surface area (Å²) in [6, 6.07) is 12.9. The van der Waals surface area contributed by atoms with Crippen LogP contribution in [0.5, 0.6) is 5.75 Å². The zero-order valence-corrected chi connectivity index (χ0v) is 13.5. The van der Waals surface area contributed by atoms with Gasteiger partial charge in [0.2, 0.25) is 0 Å². The van der Waals surface area contributed by atoms with E-state index in [0.717, 1.165) is 0 Å². The van der Waals surface area contributed by atoms with Crippen molar-refractivity contribution in [3.8, 4) is 5.75 Å². The fourth-order valence-corrected chi connectivity index (χ4v) is 2.36. The molecule has 2 aromatic rings. The number of halogens is 1. The van der Waals surface area contributed by atoms with Gasteiger partial charge in [0.1, 0.15) is 5.75 Å². The van der Waals surface area contributed by atoms with Gasteiger partial charge in [0.15, 0.2) is 0 Å². The van der Waals surface area contributed by atoms with Crippen molar-refractivity contribution in [3.05, 3.63) is 59.1 Å². The van der Waals surface area contributed by atoms with Crippen LogP contribution in [0.3, 0.4) is 0 Å². The molecule has 0 bridgehead atoms. The summed E-state index contributed by atoms with van der Waals surface area (Å²) >= 11 is 5.89. The lowest BCUT2D eigenvalue weighted by molar-refractivity contribution is 0.128. The highest BCUT2D eigenvalue weighted by Gasteiger charge is 2.17. The van der Waals surface area contributed by atoms with Crippen molar-refractivity contribution < 1.29 is 15.0 Å². The van der Waals surface area contributed by atoms with Crippen molar-refractivity contribution in [2.45, 2.75) is 13.0 Å². The second kappa shape index (κ2) is 7.85. The molecule has 5 nitrogen and oxygen atoms in total. The molecule has 2 rings (SSSR count). The Kier molecular flexibility index (Phi) is 5.84. The van der Waals surface area contributed by atoms with Gasteiger partial charge in [0, 0.05) is 17.3 Å². The molecular weight excluding hydrogens is 316 g/mol. The molecule has 0 radical (unpaired) electrons. The highest BCUT2D eigenvalue weighted by atomic mass is 35.5. The monoisotopic (exact) mass is 334 g/mol. The quantitative estimate of drug-likeness (QED) is 0.781. The minimum absolute atomic E-state index is 0.0768. The summed E-state index contributed by atoms with van der Waals surface area (Å²) in [5, 5.41) is 23.0. The number of likely N-dealkylation sites (N-methyl/N-ethyl adjacent to an activating group) is 1. The molecule has 0 heterocycles. The molecule has 3 N–H and O–H groups in total. The van der Waals surface area contributed by atoms with Gasteiger partial charge in [-0.2, -0.15) is 0 Å². The number of anilines is 1. The third-order valence-electron chi connectivity index (χ3n) is 3.39. The highest BCUT2D eigenvalue weighted by Crippen LogP contribution is 2.20. The minimum Gasteiger partial charge on any atom is -0.508 e. The van der Waals surface area contributed by atoms with E-state index in [1.165, 1.54) is 17.0 Å². The van der Waals surface area contributed by atoms with Crippen LogP contribution in [-0.2, 0) is 0 Å². The number of carbonyl (C=O) groups excluding carboxylic acids is 1. The molecule has 0 saturated heterocycles. The molecule has 0 saturated carbocycles. The predicted octanol–water partition coefficient (Wildman–Crippen LogP) is 3.63. The van der Waals surface area contributed by atoms with Crippen LogP contribution in [-0.4, -0.2) is 34.2 Å². The van der Waals surface area contributed by atoms with Gasteiger partial charge >= 0.3 is 6.03 Å². The van der Waals surface area contributed by atoms with Gasteiger partial charge in [-0.1, -0.05) is 29.8 Å². The Morgan fingerprint density at radius 2 is 2.00 bits per heavy atom. The maximum atomic E-state index is 12.3. The van der Waals surface area contributed by atoms with E-state index in [1.807, 2.05) is 6.92 Å². The lowest BCUT2D eigenvalue weighted by atomic mass is 10.1. The third-order valence-corrected chi connectivity index (χ3v) is 3.63. The molecule has 23 heavy (non-hydrogen) atoms. The number of hydrogen-bond donors (Lipinski definition) is 3. The van der Waals surface area contributed by atoms with Crippen molar-refractivity contribution in [1.29, 1.82) is 0 Å². The van der Waals surface area contributed by atoms with E-state index in [1.54, 1.807) is 36.4 Å². The SMILES string of the molecule is CCN(CC(O)c1cccc(O)c1)C(=O)Nc1cccc(Cl)c1. The lowest BCUT2D eigenvalue weighted by Gasteiger charge is -2.24. The number of amides is 2. The Morgan fingerprint density at radius 3 is 2.65 bits per heavy atom. The maximum absolute atomic E-state index is 12.3. The summed E-state index contributed by atoms with van der Waals surface area (Å²) in [4.78, 5) is 13.8. The summed E-state index contributed by atoms with van der Waals surface area (Å²) in [7, 11) is 0. The topological polar surface area (TPSA) is 72.8 Å². The van der Waals surface area contributed by atoms with Crippen LogP contribution in [0.15, 0.2) is 48.5 Å². The summed E-state index contributed by atoms with van der Waals surface area (Å²) in [6.45, 7) is 2.38. The smallest absolute Gasteiger partial charge is 0.321 e. The van der Waals surface area contributed by atoms with Gasteiger partial charge in [0.25, 0.3) is 0 Å². The molecule has 122 valence electrons. The van der Waals surface area contributed by atoms with Crippen molar-refractivity contribution in [2.75, 3.05) is 18.4 Å². The van der Waals surface area contributed by atoms with E-state index in [9.17, 15) is 15.0 Å². The molecule has 0 aromatic heterocycles. The fourth-order valence-electron chi connectivity index (χ4n) is 2.17. The van der Waals surface area contributed by atoms with Gasteiger partial charge in [-0.25, -0.2) is 4.79 Å². The summed E-state index contributed by atoms with van der Waals surface area (Å²) in [5.74, 6) is 0.0768. The number of hydrogen-bond acceptors (Lipinski definition) is 3. The maximum Gasteiger partial charge on any atom is 0.321 e. The fraction of sp³-hybridized carbons (Fsp3) is 0.235. The van der Waals surface area contributed by atoms with Crippen LogP contribution in [0.1, 0.15) is 18.6 Å². The van der Waals surface area contributed by atoms with Gasteiger partial charge in [-0.3, -0.25) is 0 Å². The molecule has 0 aliphatic rings. The molecule has 2 aromatic carbocycles. The predicted molar refractivity (Wildman–Crippen MR) is 90.8 cm³/mol. The lowest BCUT2D eigenvalue weighted by Crippen LogP contribution is -2.37. The van der Waals surface area contributed by atoms with Crippen molar-refractivity contribution in [1.82, 2.24) is 4.90 Å². The zero-order valence-electron chi connectivity index (χ0n) is 12.7. The number of urea groups is 1. The van der Waals surface area contributed by atoms with E-state index >= 15 is 0 Å². The second-order valence-corrected chi connectivity index (χ2v) is 5.53. The van der Waals surface area contributed by atoms with Crippen LogP contribution >= 0.6 is 11.6 Å². The molecule has 0 aliphatic heterocycles. The first-order chi connectivity index (χ1) is 11.0. The summed E-state index contributed by atoms with van der Waals surface area (Å²) < 4.78 is 0. The molecule has 0 aliphatic carbocycles. The Hall–Kier alpha value is -2.24. The molecular formula is C17H19ClN2O3. The average Bonchev–Trinajstić information content (AvgIpc) is 2.52. The largest absolute Gasteiger partial charge is 0.508 e. The number of carbonyl (C=O) groups is 1.